The SMILES string of the molecule is CC(C)OC(=O)OOC(=O)OC(C)C.c1ccccc1. The van der Waals surface area contributed by atoms with Crippen molar-refractivity contribution < 1.29 is 28.8 Å². The second-order valence-electron chi connectivity index (χ2n) is 4.15. The zero-order chi connectivity index (χ0) is 15.4. The van der Waals surface area contributed by atoms with Crippen LogP contribution in [0.25, 0.3) is 0 Å². The Bertz CT molecular complexity index is 326. The van der Waals surface area contributed by atoms with Crippen LogP contribution in [0, 0.1) is 0 Å². The molecule has 1 aromatic rings. The van der Waals surface area contributed by atoms with Gasteiger partial charge in [-0.3, -0.25) is 0 Å². The number of carbonyl (C=O) groups is 2. The summed E-state index contributed by atoms with van der Waals surface area (Å²) in [6.45, 7) is 6.53. The van der Waals surface area contributed by atoms with Gasteiger partial charge in [0.25, 0.3) is 0 Å². The van der Waals surface area contributed by atoms with E-state index in [0.29, 0.717) is 0 Å². The van der Waals surface area contributed by atoms with Crippen molar-refractivity contribution in [1.29, 1.82) is 0 Å². The Morgan fingerprint density at radius 2 is 0.900 bits per heavy atom. The summed E-state index contributed by atoms with van der Waals surface area (Å²) in [6.07, 6.45) is -2.85. The molecule has 0 bridgehead atoms. The van der Waals surface area contributed by atoms with Crippen molar-refractivity contribution in [3.8, 4) is 0 Å². The van der Waals surface area contributed by atoms with Gasteiger partial charge in [-0.15, -0.1) is 0 Å². The topological polar surface area (TPSA) is 71.1 Å². The zero-order valence-electron chi connectivity index (χ0n) is 12.1. The maximum absolute atomic E-state index is 10.7. The Balaban J connectivity index is 0.000000493. The van der Waals surface area contributed by atoms with Gasteiger partial charge in [0, 0.05) is 0 Å². The lowest BCUT2D eigenvalue weighted by Gasteiger charge is -2.08. The molecule has 6 heteroatoms. The first-order chi connectivity index (χ1) is 9.41. The molecule has 0 aromatic heterocycles. The molecule has 0 saturated heterocycles. The molecular weight excluding hydrogens is 264 g/mol. The standard InChI is InChI=1S/C8H14O6.C6H6/c1-5(2)11-7(9)13-14-8(10)12-6(3)4;1-2-4-6-5-3-1/h5-6H,1-4H3;1-6H. The first-order valence-electron chi connectivity index (χ1n) is 6.17. The van der Waals surface area contributed by atoms with E-state index in [0.717, 1.165) is 0 Å². The Morgan fingerprint density at radius 1 is 0.650 bits per heavy atom. The first kappa shape index (κ1) is 17.8. The fourth-order valence-corrected chi connectivity index (χ4v) is 0.877. The van der Waals surface area contributed by atoms with Gasteiger partial charge >= 0.3 is 12.3 Å². The summed E-state index contributed by atoms with van der Waals surface area (Å²) in [5.74, 6) is 0. The molecule has 0 saturated carbocycles. The third-order valence-electron chi connectivity index (χ3n) is 1.51. The Labute approximate surface area is 118 Å². The predicted molar refractivity (Wildman–Crippen MR) is 71.8 cm³/mol. The second kappa shape index (κ2) is 10.7. The highest BCUT2D eigenvalue weighted by Gasteiger charge is 2.13. The molecule has 6 nitrogen and oxygen atoms in total. The number of benzene rings is 1. The summed E-state index contributed by atoms with van der Waals surface area (Å²) in [4.78, 5) is 29.3. The summed E-state index contributed by atoms with van der Waals surface area (Å²) < 4.78 is 9.02. The fraction of sp³-hybridized carbons (Fsp3) is 0.429. The van der Waals surface area contributed by atoms with Gasteiger partial charge in [-0.05, 0) is 27.7 Å². The molecule has 0 aliphatic rings. The molecule has 112 valence electrons. The molecule has 0 aliphatic heterocycles. The molecule has 1 rings (SSSR count). The predicted octanol–water partition coefficient (Wildman–Crippen LogP) is 3.71. The average Bonchev–Trinajstić information content (AvgIpc) is 2.38. The summed E-state index contributed by atoms with van der Waals surface area (Å²) in [6, 6.07) is 12.0. The molecule has 20 heavy (non-hydrogen) atoms. The van der Waals surface area contributed by atoms with Crippen molar-refractivity contribution in [2.24, 2.45) is 0 Å². The lowest BCUT2D eigenvalue weighted by atomic mass is 10.4. The third-order valence-corrected chi connectivity index (χ3v) is 1.51. The van der Waals surface area contributed by atoms with E-state index in [4.69, 9.17) is 0 Å². The van der Waals surface area contributed by atoms with Gasteiger partial charge in [0.1, 0.15) is 0 Å². The molecule has 0 N–H and O–H groups in total. The van der Waals surface area contributed by atoms with Gasteiger partial charge in [-0.1, -0.05) is 36.4 Å². The van der Waals surface area contributed by atoms with E-state index in [2.05, 4.69) is 19.2 Å². The maximum Gasteiger partial charge on any atom is 0.550 e. The van der Waals surface area contributed by atoms with Gasteiger partial charge < -0.3 is 9.47 Å². The first-order valence-corrected chi connectivity index (χ1v) is 6.17. The quantitative estimate of drug-likeness (QED) is 0.468. The van der Waals surface area contributed by atoms with Crippen LogP contribution in [-0.2, 0) is 19.2 Å². The van der Waals surface area contributed by atoms with Crippen LogP contribution in [0.2, 0.25) is 0 Å². The molecule has 1 aromatic carbocycles. The largest absolute Gasteiger partial charge is 0.550 e. The molecule has 0 radical (unpaired) electrons. The maximum atomic E-state index is 10.7. The van der Waals surface area contributed by atoms with Crippen molar-refractivity contribution >= 4 is 12.3 Å². The van der Waals surface area contributed by atoms with E-state index in [9.17, 15) is 9.59 Å². The van der Waals surface area contributed by atoms with E-state index in [1.807, 2.05) is 36.4 Å². The van der Waals surface area contributed by atoms with Gasteiger partial charge in [0.15, 0.2) is 0 Å². The summed E-state index contributed by atoms with van der Waals surface area (Å²) in [7, 11) is 0. The van der Waals surface area contributed by atoms with Crippen LogP contribution in [0.5, 0.6) is 0 Å². The Hall–Kier alpha value is -2.24. The Kier molecular flexibility index (Phi) is 9.47. The minimum Gasteiger partial charge on any atom is -0.429 e. The van der Waals surface area contributed by atoms with Crippen LogP contribution < -0.4 is 0 Å². The molecule has 0 spiro atoms. The Morgan fingerprint density at radius 3 is 1.10 bits per heavy atom. The van der Waals surface area contributed by atoms with Crippen molar-refractivity contribution in [2.45, 2.75) is 39.9 Å². The number of hydrogen-bond acceptors (Lipinski definition) is 6. The second-order valence-corrected chi connectivity index (χ2v) is 4.15. The lowest BCUT2D eigenvalue weighted by Crippen LogP contribution is -2.18. The van der Waals surface area contributed by atoms with Crippen LogP contribution in [0.3, 0.4) is 0 Å². The van der Waals surface area contributed by atoms with Crippen molar-refractivity contribution in [3.63, 3.8) is 0 Å². The molecule has 0 fully saturated rings. The molecule has 0 atom stereocenters. The van der Waals surface area contributed by atoms with Crippen LogP contribution in [-0.4, -0.2) is 24.5 Å². The average molecular weight is 284 g/mol. The van der Waals surface area contributed by atoms with E-state index in [1.165, 1.54) is 0 Å². The summed E-state index contributed by atoms with van der Waals surface area (Å²) in [5, 5.41) is 0. The lowest BCUT2D eigenvalue weighted by molar-refractivity contribution is -0.222. The smallest absolute Gasteiger partial charge is 0.429 e. The number of carbonyl (C=O) groups excluding carboxylic acids is 2. The van der Waals surface area contributed by atoms with E-state index in [1.54, 1.807) is 27.7 Å². The normalized spacial score (nSPS) is 9.30. The molecule has 0 unspecified atom stereocenters. The molecule has 0 heterocycles. The highest BCUT2D eigenvalue weighted by atomic mass is 17.3. The van der Waals surface area contributed by atoms with E-state index >= 15 is 0 Å². The minimum absolute atomic E-state index is 0.341. The highest BCUT2D eigenvalue weighted by molar-refractivity contribution is 5.63. The fourth-order valence-electron chi connectivity index (χ4n) is 0.877. The molecule has 0 amide bonds. The van der Waals surface area contributed by atoms with Crippen LogP contribution in [0.15, 0.2) is 36.4 Å². The van der Waals surface area contributed by atoms with Crippen LogP contribution >= 0.6 is 0 Å². The van der Waals surface area contributed by atoms with Gasteiger partial charge in [-0.2, -0.15) is 19.4 Å². The van der Waals surface area contributed by atoms with Crippen molar-refractivity contribution in [3.05, 3.63) is 36.4 Å². The van der Waals surface area contributed by atoms with E-state index < -0.39 is 12.3 Å². The molecular formula is C14H20O6. The molecule has 0 aliphatic carbocycles. The van der Waals surface area contributed by atoms with Crippen LogP contribution in [0.1, 0.15) is 27.7 Å². The van der Waals surface area contributed by atoms with Gasteiger partial charge in [0.05, 0.1) is 12.2 Å². The van der Waals surface area contributed by atoms with Gasteiger partial charge in [0.2, 0.25) is 0 Å². The summed E-state index contributed by atoms with van der Waals surface area (Å²) in [5.41, 5.74) is 0. The van der Waals surface area contributed by atoms with Crippen molar-refractivity contribution in [1.82, 2.24) is 0 Å². The minimum atomic E-state index is -1.08. The van der Waals surface area contributed by atoms with Gasteiger partial charge in [-0.25, -0.2) is 0 Å². The number of hydrogen-bond donors (Lipinski definition) is 0. The third kappa shape index (κ3) is 12.2. The van der Waals surface area contributed by atoms with E-state index in [-0.39, 0.29) is 12.2 Å². The highest BCUT2D eigenvalue weighted by Crippen LogP contribution is 1.97. The van der Waals surface area contributed by atoms with Crippen LogP contribution in [0.4, 0.5) is 9.59 Å². The zero-order valence-corrected chi connectivity index (χ0v) is 12.1. The van der Waals surface area contributed by atoms with Crippen molar-refractivity contribution in [2.75, 3.05) is 0 Å². The monoisotopic (exact) mass is 284 g/mol. The summed E-state index contributed by atoms with van der Waals surface area (Å²) >= 11 is 0. The number of rotatable bonds is 2. The number of ether oxygens (including phenoxy) is 2.